The van der Waals surface area contributed by atoms with Gasteiger partial charge in [0.15, 0.2) is 0 Å². The first-order valence-electron chi connectivity index (χ1n) is 10.2. The second-order valence-electron chi connectivity index (χ2n) is 7.51. The maximum atomic E-state index is 13.5. The van der Waals surface area contributed by atoms with E-state index in [9.17, 15) is 4.39 Å². The molecule has 2 aromatic heterocycles. The van der Waals surface area contributed by atoms with Gasteiger partial charge in [0.2, 0.25) is 5.88 Å². The number of ether oxygens (including phenoxy) is 2. The molecular weight excluding hydrogens is 395 g/mol. The molecule has 7 heteroatoms. The fraction of sp³-hybridized carbons (Fsp3) is 0.250. The summed E-state index contributed by atoms with van der Waals surface area (Å²) in [7, 11) is 1.85. The van der Waals surface area contributed by atoms with Gasteiger partial charge in [0.25, 0.3) is 0 Å². The van der Waals surface area contributed by atoms with Crippen LogP contribution in [-0.4, -0.2) is 32.7 Å². The van der Waals surface area contributed by atoms with Crippen LogP contribution in [0.3, 0.4) is 0 Å². The first-order chi connectivity index (χ1) is 15.2. The van der Waals surface area contributed by atoms with Gasteiger partial charge in [-0.3, -0.25) is 4.98 Å². The number of nitrogens with zero attached hydrogens (tertiary/aromatic N) is 4. The van der Waals surface area contributed by atoms with Crippen molar-refractivity contribution in [3.63, 3.8) is 0 Å². The number of aryl methyl sites for hydroxylation is 1. The Morgan fingerprint density at radius 2 is 1.84 bits per heavy atom. The van der Waals surface area contributed by atoms with E-state index in [2.05, 4.69) is 21.4 Å². The van der Waals surface area contributed by atoms with Crippen molar-refractivity contribution in [2.45, 2.75) is 18.8 Å². The predicted molar refractivity (Wildman–Crippen MR) is 113 cm³/mol. The van der Waals surface area contributed by atoms with E-state index in [1.54, 1.807) is 18.5 Å². The van der Waals surface area contributed by atoms with Crippen molar-refractivity contribution in [2.24, 2.45) is 7.05 Å². The van der Waals surface area contributed by atoms with Crippen LogP contribution in [0.5, 0.6) is 11.6 Å². The first-order valence-corrected chi connectivity index (χ1v) is 10.2. The van der Waals surface area contributed by atoms with Gasteiger partial charge in [-0.25, -0.2) is 14.4 Å². The molecular formula is C24H21FN4O2. The monoisotopic (exact) mass is 416 g/mol. The summed E-state index contributed by atoms with van der Waals surface area (Å²) >= 11 is 0. The van der Waals surface area contributed by atoms with Crippen molar-refractivity contribution in [2.75, 3.05) is 13.2 Å². The van der Waals surface area contributed by atoms with Crippen LogP contribution in [-0.2, 0) is 11.8 Å². The molecule has 1 fully saturated rings. The summed E-state index contributed by atoms with van der Waals surface area (Å²) in [4.78, 5) is 13.4. The molecule has 1 saturated heterocycles. The minimum absolute atomic E-state index is 0.285. The minimum Gasteiger partial charge on any atom is -0.437 e. The minimum atomic E-state index is -0.285. The smallest absolute Gasteiger partial charge is 0.241 e. The van der Waals surface area contributed by atoms with Gasteiger partial charge < -0.3 is 14.0 Å². The summed E-state index contributed by atoms with van der Waals surface area (Å²) in [6.07, 6.45) is 8.44. The van der Waals surface area contributed by atoms with E-state index in [4.69, 9.17) is 9.47 Å². The third kappa shape index (κ3) is 4.14. The van der Waals surface area contributed by atoms with Crippen LogP contribution in [0.25, 0.3) is 11.0 Å². The zero-order valence-corrected chi connectivity index (χ0v) is 17.1. The highest BCUT2D eigenvalue weighted by molar-refractivity contribution is 5.76. The number of halogens is 1. The summed E-state index contributed by atoms with van der Waals surface area (Å²) < 4.78 is 26.9. The Hall–Kier alpha value is -3.32. The molecule has 1 aliphatic rings. The number of imidazole rings is 1. The molecule has 0 N–H and O–H groups in total. The largest absolute Gasteiger partial charge is 0.437 e. The van der Waals surface area contributed by atoms with Crippen LogP contribution in [0.4, 0.5) is 4.39 Å². The summed E-state index contributed by atoms with van der Waals surface area (Å²) in [6, 6.07) is 12.1. The lowest BCUT2D eigenvalue weighted by Crippen LogP contribution is -2.16. The zero-order chi connectivity index (χ0) is 21.2. The molecule has 6 nitrogen and oxygen atoms in total. The van der Waals surface area contributed by atoms with Crippen LogP contribution in [0.1, 0.15) is 35.8 Å². The molecule has 31 heavy (non-hydrogen) atoms. The lowest BCUT2D eigenvalue weighted by Gasteiger charge is -2.22. The fourth-order valence-corrected chi connectivity index (χ4v) is 3.79. The van der Waals surface area contributed by atoms with E-state index in [0.717, 1.165) is 48.3 Å². The Bertz CT molecular complexity index is 1200. The molecule has 2 aromatic carbocycles. The van der Waals surface area contributed by atoms with Crippen molar-refractivity contribution >= 4 is 11.0 Å². The lowest BCUT2D eigenvalue weighted by atomic mass is 9.96. The Morgan fingerprint density at radius 3 is 2.65 bits per heavy atom. The predicted octanol–water partition coefficient (Wildman–Crippen LogP) is 4.67. The molecule has 1 aliphatic heterocycles. The number of hydrogen-bond donors (Lipinski definition) is 0. The number of rotatable bonds is 5. The van der Waals surface area contributed by atoms with Crippen molar-refractivity contribution in [3.05, 3.63) is 84.2 Å². The van der Waals surface area contributed by atoms with Gasteiger partial charge in [0, 0.05) is 38.6 Å². The maximum absolute atomic E-state index is 13.5. The number of benzene rings is 2. The molecule has 0 unspecified atom stereocenters. The molecule has 3 heterocycles. The summed E-state index contributed by atoms with van der Waals surface area (Å²) in [6.45, 7) is 1.46. The van der Waals surface area contributed by atoms with Crippen molar-refractivity contribution in [3.8, 4) is 11.6 Å². The Morgan fingerprint density at radius 1 is 1.06 bits per heavy atom. The highest BCUT2D eigenvalue weighted by Crippen LogP contribution is 2.33. The van der Waals surface area contributed by atoms with Crippen LogP contribution in [0.2, 0.25) is 0 Å². The molecule has 0 amide bonds. The maximum Gasteiger partial charge on any atom is 0.241 e. The molecule has 2 radical (unpaired) electrons. The van der Waals surface area contributed by atoms with Gasteiger partial charge in [-0.1, -0.05) is 12.1 Å². The Kier molecular flexibility index (Phi) is 5.34. The van der Waals surface area contributed by atoms with E-state index in [1.165, 1.54) is 12.1 Å². The normalized spacial score (nSPS) is 14.8. The van der Waals surface area contributed by atoms with E-state index in [1.807, 2.05) is 35.9 Å². The number of aromatic nitrogens is 4. The molecule has 0 aliphatic carbocycles. The van der Waals surface area contributed by atoms with E-state index in [-0.39, 0.29) is 5.82 Å². The average molecular weight is 416 g/mol. The number of hydrogen-bond acceptors (Lipinski definition) is 5. The van der Waals surface area contributed by atoms with Crippen LogP contribution >= 0.6 is 0 Å². The molecule has 5 rings (SSSR count). The number of fused-ring (bicyclic) bond motifs is 1. The second kappa shape index (κ2) is 8.43. The quantitative estimate of drug-likeness (QED) is 0.473. The van der Waals surface area contributed by atoms with Gasteiger partial charge in [-0.2, -0.15) is 0 Å². The highest BCUT2D eigenvalue weighted by atomic mass is 19.1. The van der Waals surface area contributed by atoms with E-state index >= 15 is 0 Å². The SMILES string of the molecule is Cn1c([C]c2ccc(Oc3nccnc3C3CCOCC3)cc2)nc2ccc(F)cc21. The third-order valence-corrected chi connectivity index (χ3v) is 5.47. The van der Waals surface area contributed by atoms with E-state index < -0.39 is 0 Å². The molecule has 0 spiro atoms. The molecule has 0 bridgehead atoms. The lowest BCUT2D eigenvalue weighted by molar-refractivity contribution is 0.0839. The van der Waals surface area contributed by atoms with Crippen LogP contribution < -0.4 is 4.74 Å². The first kappa shape index (κ1) is 19.6. The summed E-state index contributed by atoms with van der Waals surface area (Å²) in [5.41, 5.74) is 3.18. The molecule has 0 saturated carbocycles. The molecule has 4 aromatic rings. The topological polar surface area (TPSA) is 62.1 Å². The van der Waals surface area contributed by atoms with Crippen molar-refractivity contribution < 1.29 is 13.9 Å². The molecule has 156 valence electrons. The van der Waals surface area contributed by atoms with Crippen molar-refractivity contribution in [1.29, 1.82) is 0 Å². The summed E-state index contributed by atoms with van der Waals surface area (Å²) in [5.74, 6) is 1.84. The van der Waals surface area contributed by atoms with Gasteiger partial charge in [0.05, 0.1) is 17.5 Å². The van der Waals surface area contributed by atoms with E-state index in [0.29, 0.717) is 23.4 Å². The zero-order valence-electron chi connectivity index (χ0n) is 17.1. The average Bonchev–Trinajstić information content (AvgIpc) is 3.11. The van der Waals surface area contributed by atoms with Crippen molar-refractivity contribution in [1.82, 2.24) is 19.5 Å². The second-order valence-corrected chi connectivity index (χ2v) is 7.51. The molecule has 0 atom stereocenters. The van der Waals surface area contributed by atoms with Crippen LogP contribution in [0.15, 0.2) is 54.9 Å². The Labute approximate surface area is 179 Å². The summed E-state index contributed by atoms with van der Waals surface area (Å²) in [5, 5.41) is 0. The standard InChI is InChI=1S/C24H21FN4O2/c1-29-21-15-18(25)4-7-20(21)28-22(29)14-16-2-5-19(6-3-16)31-24-23(26-10-11-27-24)17-8-12-30-13-9-17/h2-7,10-11,15,17H,8-9,12-13H2,1H3. The highest BCUT2D eigenvalue weighted by Gasteiger charge is 2.22. The van der Waals surface area contributed by atoms with Gasteiger partial charge >= 0.3 is 0 Å². The van der Waals surface area contributed by atoms with Gasteiger partial charge in [-0.15, -0.1) is 0 Å². The van der Waals surface area contributed by atoms with Gasteiger partial charge in [-0.05, 0) is 48.7 Å². The fourth-order valence-electron chi connectivity index (χ4n) is 3.79. The third-order valence-electron chi connectivity index (χ3n) is 5.47. The van der Waals surface area contributed by atoms with Gasteiger partial charge in [0.1, 0.15) is 23.1 Å². The van der Waals surface area contributed by atoms with Crippen LogP contribution in [0, 0.1) is 12.2 Å². The Balaban J connectivity index is 1.33.